The summed E-state index contributed by atoms with van der Waals surface area (Å²) in [4.78, 5) is 21.0. The molecule has 0 unspecified atom stereocenters. The van der Waals surface area contributed by atoms with Crippen LogP contribution in [-0.2, 0) is 7.05 Å². The van der Waals surface area contributed by atoms with Crippen LogP contribution in [-0.4, -0.2) is 37.3 Å². The number of benzene rings is 1. The average molecular weight is 374 g/mol. The summed E-state index contributed by atoms with van der Waals surface area (Å²) in [6.07, 6.45) is 6.75. The van der Waals surface area contributed by atoms with Crippen LogP contribution >= 0.6 is 0 Å². The molecule has 3 heterocycles. The number of hydrogen-bond donors (Lipinski definition) is 1. The van der Waals surface area contributed by atoms with E-state index < -0.39 is 0 Å². The number of nitrogens with one attached hydrogen (secondary N) is 1. The molecule has 3 aromatic heterocycles. The van der Waals surface area contributed by atoms with E-state index in [1.165, 1.54) is 0 Å². The highest BCUT2D eigenvalue weighted by Crippen LogP contribution is 2.29. The molecule has 0 aliphatic heterocycles. The zero-order valence-electron chi connectivity index (χ0n) is 15.4. The summed E-state index contributed by atoms with van der Waals surface area (Å²) in [5.41, 5.74) is 2.51. The minimum Gasteiger partial charge on any atom is -0.496 e. The second-order valence-corrected chi connectivity index (χ2v) is 6.07. The van der Waals surface area contributed by atoms with Crippen molar-refractivity contribution in [2.24, 2.45) is 7.05 Å². The number of ether oxygens (including phenoxy) is 1. The highest BCUT2D eigenvalue weighted by atomic mass is 16.5. The van der Waals surface area contributed by atoms with Gasteiger partial charge in [0.25, 0.3) is 5.91 Å². The lowest BCUT2D eigenvalue weighted by Crippen LogP contribution is -2.16. The van der Waals surface area contributed by atoms with Gasteiger partial charge in [-0.05, 0) is 30.3 Å². The van der Waals surface area contributed by atoms with E-state index in [0.29, 0.717) is 22.8 Å². The third-order valence-corrected chi connectivity index (χ3v) is 4.27. The Labute approximate surface area is 161 Å². The van der Waals surface area contributed by atoms with Crippen LogP contribution in [0, 0.1) is 0 Å². The van der Waals surface area contributed by atoms with E-state index in [-0.39, 0.29) is 5.91 Å². The molecular weight excluding hydrogens is 356 g/mol. The number of nitrogens with zero attached hydrogens (tertiary/aromatic N) is 5. The largest absolute Gasteiger partial charge is 0.496 e. The molecule has 1 amide bonds. The first-order chi connectivity index (χ1) is 13.7. The average Bonchev–Trinajstić information content (AvgIpc) is 3.38. The number of anilines is 1. The lowest BCUT2D eigenvalue weighted by Gasteiger charge is -2.06. The zero-order valence-corrected chi connectivity index (χ0v) is 15.4. The van der Waals surface area contributed by atoms with E-state index >= 15 is 0 Å². The van der Waals surface area contributed by atoms with E-state index in [0.717, 1.165) is 11.4 Å². The molecule has 4 rings (SSSR count). The number of aryl methyl sites for hydroxylation is 1. The monoisotopic (exact) mass is 374 g/mol. The van der Waals surface area contributed by atoms with Crippen molar-refractivity contribution in [3.8, 4) is 22.8 Å². The van der Waals surface area contributed by atoms with Gasteiger partial charge in [0, 0.05) is 25.0 Å². The summed E-state index contributed by atoms with van der Waals surface area (Å²) in [5, 5.41) is 7.30. The molecule has 4 aromatic rings. The van der Waals surface area contributed by atoms with Gasteiger partial charge in [0.2, 0.25) is 0 Å². The van der Waals surface area contributed by atoms with Crippen LogP contribution in [0.2, 0.25) is 0 Å². The van der Waals surface area contributed by atoms with Crippen molar-refractivity contribution in [1.82, 2.24) is 24.3 Å². The van der Waals surface area contributed by atoms with Crippen LogP contribution in [0.15, 0.2) is 67.4 Å². The Morgan fingerprint density at radius 3 is 2.75 bits per heavy atom. The SMILES string of the molecule is COc1ccccc1-c1cc(C(=O)Nc2ccc(-n3ccnc3)nc2)n(C)n1. The topological polar surface area (TPSA) is 86.9 Å². The lowest BCUT2D eigenvalue weighted by molar-refractivity contribution is 0.101. The van der Waals surface area contributed by atoms with Crippen molar-refractivity contribution in [3.05, 3.63) is 73.1 Å². The quantitative estimate of drug-likeness (QED) is 0.580. The lowest BCUT2D eigenvalue weighted by atomic mass is 10.1. The molecule has 1 aromatic carbocycles. The van der Waals surface area contributed by atoms with Gasteiger partial charge in [0.15, 0.2) is 0 Å². The Morgan fingerprint density at radius 1 is 1.18 bits per heavy atom. The smallest absolute Gasteiger partial charge is 0.273 e. The Kier molecular flexibility index (Phi) is 4.59. The molecule has 0 bridgehead atoms. The van der Waals surface area contributed by atoms with E-state index in [1.54, 1.807) is 66.5 Å². The number of carbonyl (C=O) groups excluding carboxylic acids is 1. The zero-order chi connectivity index (χ0) is 19.5. The van der Waals surface area contributed by atoms with Gasteiger partial charge in [0.05, 0.1) is 24.7 Å². The number of aromatic nitrogens is 5. The Hall–Kier alpha value is -3.94. The van der Waals surface area contributed by atoms with Gasteiger partial charge in [-0.15, -0.1) is 0 Å². The number of methoxy groups -OCH3 is 1. The standard InChI is InChI=1S/C20H18N6O2/c1-25-17(11-16(24-25)15-5-3-4-6-18(15)28-2)20(27)23-14-7-8-19(22-12-14)26-10-9-21-13-26/h3-13H,1-2H3,(H,23,27). The Morgan fingerprint density at radius 2 is 2.04 bits per heavy atom. The number of pyridine rings is 1. The molecule has 8 nitrogen and oxygen atoms in total. The van der Waals surface area contributed by atoms with Crippen molar-refractivity contribution < 1.29 is 9.53 Å². The van der Waals surface area contributed by atoms with Crippen molar-refractivity contribution in [3.63, 3.8) is 0 Å². The molecule has 0 fully saturated rings. The van der Waals surface area contributed by atoms with Crippen LogP contribution in [0.3, 0.4) is 0 Å². The number of imidazole rings is 1. The minimum absolute atomic E-state index is 0.270. The molecule has 28 heavy (non-hydrogen) atoms. The maximum atomic E-state index is 12.7. The maximum Gasteiger partial charge on any atom is 0.273 e. The van der Waals surface area contributed by atoms with Crippen molar-refractivity contribution in [1.29, 1.82) is 0 Å². The van der Waals surface area contributed by atoms with Gasteiger partial charge < -0.3 is 10.1 Å². The molecule has 0 atom stereocenters. The fourth-order valence-corrected chi connectivity index (χ4v) is 2.87. The van der Waals surface area contributed by atoms with Gasteiger partial charge in [0.1, 0.15) is 23.6 Å². The van der Waals surface area contributed by atoms with Crippen molar-refractivity contribution in [2.45, 2.75) is 0 Å². The molecule has 1 N–H and O–H groups in total. The normalized spacial score (nSPS) is 10.6. The molecule has 0 aliphatic rings. The first-order valence-electron chi connectivity index (χ1n) is 8.59. The van der Waals surface area contributed by atoms with Crippen LogP contribution in [0.25, 0.3) is 17.1 Å². The highest BCUT2D eigenvalue weighted by Gasteiger charge is 2.16. The molecule has 0 saturated heterocycles. The van der Waals surface area contributed by atoms with Gasteiger partial charge in [-0.3, -0.25) is 14.0 Å². The fourth-order valence-electron chi connectivity index (χ4n) is 2.87. The first kappa shape index (κ1) is 17.5. The molecule has 140 valence electrons. The van der Waals surface area contributed by atoms with Gasteiger partial charge >= 0.3 is 0 Å². The van der Waals surface area contributed by atoms with Crippen LogP contribution in [0.1, 0.15) is 10.5 Å². The van der Waals surface area contributed by atoms with Crippen LogP contribution in [0.4, 0.5) is 5.69 Å². The Balaban J connectivity index is 1.55. The van der Waals surface area contributed by atoms with Crippen LogP contribution in [0.5, 0.6) is 5.75 Å². The second-order valence-electron chi connectivity index (χ2n) is 6.07. The summed E-state index contributed by atoms with van der Waals surface area (Å²) < 4.78 is 8.71. The summed E-state index contributed by atoms with van der Waals surface area (Å²) in [6, 6.07) is 12.9. The molecular formula is C20H18N6O2. The summed E-state index contributed by atoms with van der Waals surface area (Å²) in [7, 11) is 3.34. The fraction of sp³-hybridized carbons (Fsp3) is 0.100. The maximum absolute atomic E-state index is 12.7. The minimum atomic E-state index is -0.270. The van der Waals surface area contributed by atoms with Gasteiger partial charge in [-0.25, -0.2) is 9.97 Å². The van der Waals surface area contributed by atoms with E-state index in [4.69, 9.17) is 4.74 Å². The molecule has 8 heteroatoms. The third-order valence-electron chi connectivity index (χ3n) is 4.27. The van der Waals surface area contributed by atoms with Crippen molar-refractivity contribution >= 4 is 11.6 Å². The number of carbonyl (C=O) groups is 1. The van der Waals surface area contributed by atoms with Gasteiger partial charge in [-0.1, -0.05) is 12.1 Å². The van der Waals surface area contributed by atoms with Gasteiger partial charge in [-0.2, -0.15) is 5.10 Å². The number of hydrogen-bond acceptors (Lipinski definition) is 5. The second kappa shape index (κ2) is 7.36. The van der Waals surface area contributed by atoms with Crippen molar-refractivity contribution in [2.75, 3.05) is 12.4 Å². The Bertz CT molecular complexity index is 1100. The molecule has 0 radical (unpaired) electrons. The molecule has 0 aliphatic carbocycles. The predicted octanol–water partition coefficient (Wildman–Crippen LogP) is 2.93. The number of rotatable bonds is 5. The first-order valence-corrected chi connectivity index (χ1v) is 8.59. The van der Waals surface area contributed by atoms with E-state index in [1.807, 2.05) is 24.3 Å². The summed E-state index contributed by atoms with van der Waals surface area (Å²) in [5.74, 6) is 1.15. The third kappa shape index (κ3) is 3.35. The highest BCUT2D eigenvalue weighted by molar-refractivity contribution is 6.03. The predicted molar refractivity (Wildman–Crippen MR) is 105 cm³/mol. The van der Waals surface area contributed by atoms with E-state index in [2.05, 4.69) is 20.4 Å². The van der Waals surface area contributed by atoms with Crippen LogP contribution < -0.4 is 10.1 Å². The number of amides is 1. The molecule has 0 saturated carbocycles. The van der Waals surface area contributed by atoms with E-state index in [9.17, 15) is 4.79 Å². The summed E-state index contributed by atoms with van der Waals surface area (Å²) >= 11 is 0. The molecule has 0 spiro atoms. The number of para-hydroxylation sites is 1. The summed E-state index contributed by atoms with van der Waals surface area (Å²) in [6.45, 7) is 0.